The Hall–Kier alpha value is -1.77. The normalized spacial score (nSPS) is 10.8. The van der Waals surface area contributed by atoms with Gasteiger partial charge >= 0.3 is 0 Å². The number of hydrogen-bond donors (Lipinski definition) is 2. The highest BCUT2D eigenvalue weighted by molar-refractivity contribution is 5.89. The van der Waals surface area contributed by atoms with Crippen LogP contribution in [0.5, 0.6) is 0 Å². The molecular weight excluding hydrogens is 188 g/mol. The Morgan fingerprint density at radius 1 is 1.33 bits per heavy atom. The minimum Gasteiger partial charge on any atom is -0.369 e. The Bertz CT molecular complexity index is 526. The van der Waals surface area contributed by atoms with Crippen molar-refractivity contribution in [3.05, 3.63) is 35.0 Å². The van der Waals surface area contributed by atoms with Crippen LogP contribution in [0.4, 0.5) is 0 Å². The number of nitrogens with two attached hydrogens (primary N) is 1. The highest BCUT2D eigenvalue weighted by atomic mass is 16.1. The van der Waals surface area contributed by atoms with Gasteiger partial charge in [-0.05, 0) is 42.7 Å². The number of fused-ring (bicyclic) bond motifs is 1. The van der Waals surface area contributed by atoms with Crippen molar-refractivity contribution in [3.8, 4) is 0 Å². The summed E-state index contributed by atoms with van der Waals surface area (Å²) in [7, 11) is 0. The number of benzene rings is 1. The summed E-state index contributed by atoms with van der Waals surface area (Å²) in [5.74, 6) is -0.297. The summed E-state index contributed by atoms with van der Waals surface area (Å²) in [5, 5.41) is 1.09. The maximum atomic E-state index is 10.9. The van der Waals surface area contributed by atoms with Crippen LogP contribution >= 0.6 is 0 Å². The van der Waals surface area contributed by atoms with Crippen molar-refractivity contribution in [2.24, 2.45) is 5.73 Å². The van der Waals surface area contributed by atoms with E-state index in [9.17, 15) is 4.79 Å². The second-order valence-corrected chi connectivity index (χ2v) is 3.94. The SMILES string of the molecule is Cc1cc2[nH]cc(CC(N)=O)c2cc1C. The van der Waals surface area contributed by atoms with Gasteiger partial charge in [0.2, 0.25) is 5.91 Å². The molecule has 0 radical (unpaired) electrons. The Kier molecular flexibility index (Phi) is 2.23. The van der Waals surface area contributed by atoms with E-state index in [1.807, 2.05) is 6.20 Å². The molecule has 0 saturated carbocycles. The number of amides is 1. The summed E-state index contributed by atoms with van der Waals surface area (Å²) < 4.78 is 0. The molecule has 3 heteroatoms. The number of H-pyrrole nitrogens is 1. The number of aromatic nitrogens is 1. The standard InChI is InChI=1S/C12H14N2O/c1-7-3-10-9(5-12(13)15)6-14-11(10)4-8(7)2/h3-4,6,14H,5H2,1-2H3,(H2,13,15). The quantitative estimate of drug-likeness (QED) is 0.766. The lowest BCUT2D eigenvalue weighted by molar-refractivity contribution is -0.117. The Morgan fingerprint density at radius 2 is 2.00 bits per heavy atom. The summed E-state index contributed by atoms with van der Waals surface area (Å²) in [6.45, 7) is 4.14. The zero-order chi connectivity index (χ0) is 11.0. The number of carbonyl (C=O) groups is 1. The second kappa shape index (κ2) is 3.42. The predicted molar refractivity (Wildman–Crippen MR) is 60.7 cm³/mol. The van der Waals surface area contributed by atoms with E-state index in [1.54, 1.807) is 0 Å². The molecule has 15 heavy (non-hydrogen) atoms. The van der Waals surface area contributed by atoms with Gasteiger partial charge in [-0.25, -0.2) is 0 Å². The Labute approximate surface area is 88.3 Å². The molecule has 3 N–H and O–H groups in total. The molecule has 0 saturated heterocycles. The lowest BCUT2D eigenvalue weighted by Gasteiger charge is -2.01. The van der Waals surface area contributed by atoms with E-state index in [0.717, 1.165) is 16.5 Å². The fraction of sp³-hybridized carbons (Fsp3) is 0.250. The van der Waals surface area contributed by atoms with E-state index in [1.165, 1.54) is 11.1 Å². The van der Waals surface area contributed by atoms with E-state index in [2.05, 4.69) is 31.0 Å². The molecule has 1 heterocycles. The van der Waals surface area contributed by atoms with Crippen molar-refractivity contribution in [2.75, 3.05) is 0 Å². The first-order valence-corrected chi connectivity index (χ1v) is 4.93. The lowest BCUT2D eigenvalue weighted by Crippen LogP contribution is -2.13. The van der Waals surface area contributed by atoms with Gasteiger partial charge in [0.05, 0.1) is 6.42 Å². The van der Waals surface area contributed by atoms with Crippen LogP contribution in [0.3, 0.4) is 0 Å². The third kappa shape index (κ3) is 1.73. The predicted octanol–water partition coefficient (Wildman–Crippen LogP) is 1.81. The van der Waals surface area contributed by atoms with Crippen LogP contribution in [0.25, 0.3) is 10.9 Å². The van der Waals surface area contributed by atoms with Crippen LogP contribution in [0, 0.1) is 13.8 Å². The third-order valence-electron chi connectivity index (χ3n) is 2.75. The summed E-state index contributed by atoms with van der Waals surface area (Å²) >= 11 is 0. The van der Waals surface area contributed by atoms with E-state index in [-0.39, 0.29) is 5.91 Å². The molecule has 3 nitrogen and oxygen atoms in total. The van der Waals surface area contributed by atoms with Crippen LogP contribution in [-0.4, -0.2) is 10.9 Å². The summed E-state index contributed by atoms with van der Waals surface area (Å²) in [6, 6.07) is 4.19. The molecule has 1 aromatic heterocycles. The molecule has 0 aliphatic rings. The van der Waals surface area contributed by atoms with E-state index < -0.39 is 0 Å². The largest absolute Gasteiger partial charge is 0.369 e. The number of nitrogens with one attached hydrogen (secondary N) is 1. The van der Waals surface area contributed by atoms with Gasteiger partial charge in [0.15, 0.2) is 0 Å². The smallest absolute Gasteiger partial charge is 0.221 e. The third-order valence-corrected chi connectivity index (χ3v) is 2.75. The number of aryl methyl sites for hydroxylation is 2. The molecule has 0 fully saturated rings. The van der Waals surface area contributed by atoms with Crippen LogP contribution in [-0.2, 0) is 11.2 Å². The van der Waals surface area contributed by atoms with Crippen molar-refractivity contribution in [3.63, 3.8) is 0 Å². The molecule has 78 valence electrons. The zero-order valence-electron chi connectivity index (χ0n) is 8.92. The second-order valence-electron chi connectivity index (χ2n) is 3.94. The number of carbonyl (C=O) groups excluding carboxylic acids is 1. The number of primary amides is 1. The number of aromatic amines is 1. The topological polar surface area (TPSA) is 58.9 Å². The molecule has 0 spiro atoms. The first-order valence-electron chi connectivity index (χ1n) is 4.93. The van der Waals surface area contributed by atoms with Gasteiger partial charge in [-0.15, -0.1) is 0 Å². The molecule has 2 aromatic rings. The monoisotopic (exact) mass is 202 g/mol. The van der Waals surface area contributed by atoms with Crippen LogP contribution < -0.4 is 5.73 Å². The van der Waals surface area contributed by atoms with Crippen molar-refractivity contribution in [2.45, 2.75) is 20.3 Å². The Balaban J connectivity index is 2.59. The van der Waals surface area contributed by atoms with Gasteiger partial charge in [0, 0.05) is 17.1 Å². The van der Waals surface area contributed by atoms with Crippen LogP contribution in [0.1, 0.15) is 16.7 Å². The molecule has 0 atom stereocenters. The van der Waals surface area contributed by atoms with Gasteiger partial charge in [0.1, 0.15) is 0 Å². The van der Waals surface area contributed by atoms with Gasteiger partial charge < -0.3 is 10.7 Å². The van der Waals surface area contributed by atoms with Crippen molar-refractivity contribution >= 4 is 16.8 Å². The molecule has 2 rings (SSSR count). The van der Waals surface area contributed by atoms with Crippen molar-refractivity contribution in [1.82, 2.24) is 4.98 Å². The van der Waals surface area contributed by atoms with Crippen molar-refractivity contribution in [1.29, 1.82) is 0 Å². The summed E-state index contributed by atoms with van der Waals surface area (Å²) in [4.78, 5) is 14.0. The average molecular weight is 202 g/mol. The van der Waals surface area contributed by atoms with Crippen LogP contribution in [0.15, 0.2) is 18.3 Å². The van der Waals surface area contributed by atoms with E-state index >= 15 is 0 Å². The minimum atomic E-state index is -0.297. The minimum absolute atomic E-state index is 0.294. The van der Waals surface area contributed by atoms with Gasteiger partial charge in [-0.3, -0.25) is 4.79 Å². The maximum Gasteiger partial charge on any atom is 0.221 e. The van der Waals surface area contributed by atoms with E-state index in [4.69, 9.17) is 5.73 Å². The van der Waals surface area contributed by atoms with E-state index in [0.29, 0.717) is 6.42 Å². The number of rotatable bonds is 2. The first kappa shape index (κ1) is 9.77. The fourth-order valence-corrected chi connectivity index (χ4v) is 1.78. The molecule has 0 aliphatic heterocycles. The number of hydrogen-bond acceptors (Lipinski definition) is 1. The van der Waals surface area contributed by atoms with Crippen LogP contribution in [0.2, 0.25) is 0 Å². The molecule has 0 unspecified atom stereocenters. The molecule has 1 aromatic carbocycles. The summed E-state index contributed by atoms with van der Waals surface area (Å²) in [5.41, 5.74) is 9.70. The maximum absolute atomic E-state index is 10.9. The zero-order valence-corrected chi connectivity index (χ0v) is 8.92. The fourth-order valence-electron chi connectivity index (χ4n) is 1.78. The highest BCUT2D eigenvalue weighted by Crippen LogP contribution is 2.22. The lowest BCUT2D eigenvalue weighted by atomic mass is 10.0. The summed E-state index contributed by atoms with van der Waals surface area (Å²) in [6.07, 6.45) is 2.15. The molecule has 0 aliphatic carbocycles. The molecular formula is C12H14N2O. The van der Waals surface area contributed by atoms with Gasteiger partial charge in [-0.1, -0.05) is 0 Å². The highest BCUT2D eigenvalue weighted by Gasteiger charge is 2.07. The Morgan fingerprint density at radius 3 is 2.67 bits per heavy atom. The average Bonchev–Trinajstić information content (AvgIpc) is 2.49. The van der Waals surface area contributed by atoms with Gasteiger partial charge in [-0.2, -0.15) is 0 Å². The first-order chi connectivity index (χ1) is 7.08. The van der Waals surface area contributed by atoms with Gasteiger partial charge in [0.25, 0.3) is 0 Å². The molecule has 1 amide bonds. The van der Waals surface area contributed by atoms with Crippen molar-refractivity contribution < 1.29 is 4.79 Å². The molecule has 0 bridgehead atoms.